The van der Waals surface area contributed by atoms with Gasteiger partial charge in [-0.05, 0) is 12.1 Å². The van der Waals surface area contributed by atoms with E-state index in [1.807, 2.05) is 0 Å². The van der Waals surface area contributed by atoms with E-state index in [0.717, 1.165) is 6.26 Å². The minimum Gasteiger partial charge on any atom is -0.382 e. The van der Waals surface area contributed by atoms with E-state index < -0.39 is 17.7 Å². The van der Waals surface area contributed by atoms with Crippen LogP contribution < -0.4 is 4.18 Å². The van der Waals surface area contributed by atoms with Crippen LogP contribution in [0.1, 0.15) is 11.6 Å². The summed E-state index contributed by atoms with van der Waals surface area (Å²) >= 11 is 34.8. The smallest absolute Gasteiger partial charge is 0.306 e. The van der Waals surface area contributed by atoms with Gasteiger partial charge in [-0.3, -0.25) is 0 Å². The Balaban J connectivity index is 2.72. The molecule has 2 rings (SSSR count). The molecule has 0 aliphatic carbocycles. The van der Waals surface area contributed by atoms with Gasteiger partial charge in [0.15, 0.2) is 23.2 Å². The van der Waals surface area contributed by atoms with Gasteiger partial charge in [0.25, 0.3) is 0 Å². The van der Waals surface area contributed by atoms with Gasteiger partial charge in [-0.1, -0.05) is 81.7 Å². The van der Waals surface area contributed by atoms with Gasteiger partial charge in [0.1, 0.15) is 0 Å². The molecule has 0 aliphatic rings. The first-order valence-corrected chi connectivity index (χ1v) is 10.2. The van der Waals surface area contributed by atoms with Crippen molar-refractivity contribution in [2.75, 3.05) is 6.26 Å². The average Bonchev–Trinajstić information content (AvgIpc) is 2.44. The molecular weight excluding hydrogens is 479 g/mol. The van der Waals surface area contributed by atoms with E-state index in [9.17, 15) is 8.42 Å². The van der Waals surface area contributed by atoms with Crippen molar-refractivity contribution < 1.29 is 12.6 Å². The molecule has 0 saturated carbocycles. The lowest BCUT2D eigenvalue weighted by Crippen LogP contribution is -2.17. The Morgan fingerprint density at radius 1 is 0.880 bits per heavy atom. The molecule has 0 atom stereocenters. The maximum atomic E-state index is 11.4. The van der Waals surface area contributed by atoms with Crippen molar-refractivity contribution in [2.24, 2.45) is 0 Å². The number of alkyl halides is 6. The summed E-state index contributed by atoms with van der Waals surface area (Å²) in [6, 6.07) is 6.03. The van der Waals surface area contributed by atoms with Gasteiger partial charge in [0.2, 0.25) is 7.59 Å². The van der Waals surface area contributed by atoms with Gasteiger partial charge < -0.3 is 4.18 Å². The Morgan fingerprint density at radius 3 is 1.80 bits per heavy atom. The molecule has 0 aliphatic heterocycles. The van der Waals surface area contributed by atoms with Crippen LogP contribution in [0.15, 0.2) is 24.3 Å². The van der Waals surface area contributed by atoms with E-state index in [0.29, 0.717) is 0 Å². The van der Waals surface area contributed by atoms with Crippen LogP contribution in [-0.4, -0.2) is 29.6 Å². The summed E-state index contributed by atoms with van der Waals surface area (Å²) in [7, 11) is -3.81. The number of para-hydroxylation sites is 1. The third-order valence-electron chi connectivity index (χ3n) is 2.51. The molecule has 0 spiro atoms. The second-order valence-corrected chi connectivity index (χ2v) is 10.7. The maximum absolute atomic E-state index is 11.4. The Morgan fingerprint density at radius 2 is 1.36 bits per heavy atom. The van der Waals surface area contributed by atoms with E-state index in [4.69, 9.17) is 73.8 Å². The Labute approximate surface area is 173 Å². The van der Waals surface area contributed by atoms with Crippen LogP contribution >= 0.6 is 69.6 Å². The predicted octanol–water partition coefficient (Wildman–Crippen LogP) is 4.53. The number of benzene rings is 1. The van der Waals surface area contributed by atoms with Gasteiger partial charge in [-0.15, -0.1) is 0 Å². The molecule has 1 aromatic heterocycles. The first-order chi connectivity index (χ1) is 11.3. The molecular formula is C12H7Cl6N3O3S. The second kappa shape index (κ2) is 7.38. The first kappa shape index (κ1) is 21.0. The summed E-state index contributed by atoms with van der Waals surface area (Å²) in [5, 5.41) is 0. The highest BCUT2D eigenvalue weighted by Crippen LogP contribution is 2.41. The normalized spacial score (nSPS) is 12.9. The van der Waals surface area contributed by atoms with Crippen molar-refractivity contribution >= 4 is 79.7 Å². The number of halogens is 6. The highest BCUT2D eigenvalue weighted by atomic mass is 35.6. The third kappa shape index (κ3) is 5.85. The monoisotopic (exact) mass is 483 g/mol. The van der Waals surface area contributed by atoms with Crippen LogP contribution in [-0.2, 0) is 17.7 Å². The molecule has 6 nitrogen and oxygen atoms in total. The van der Waals surface area contributed by atoms with Crippen molar-refractivity contribution in [2.45, 2.75) is 7.59 Å². The zero-order valence-electron chi connectivity index (χ0n) is 12.1. The summed E-state index contributed by atoms with van der Waals surface area (Å²) in [5.41, 5.74) is 0.168. The SMILES string of the molecule is CS(=O)(=O)Oc1ccccc1-c1nc(C(Cl)(Cl)Cl)nc(C(Cl)(Cl)Cl)n1. The topological polar surface area (TPSA) is 82.0 Å². The van der Waals surface area contributed by atoms with Crippen molar-refractivity contribution in [1.29, 1.82) is 0 Å². The maximum Gasteiger partial charge on any atom is 0.306 e. The molecule has 1 heterocycles. The van der Waals surface area contributed by atoms with Crippen molar-refractivity contribution in [3.63, 3.8) is 0 Å². The summed E-state index contributed by atoms with van der Waals surface area (Å²) in [5.74, 6) is -0.769. The fraction of sp³-hybridized carbons (Fsp3) is 0.250. The number of aromatic nitrogens is 3. The largest absolute Gasteiger partial charge is 0.382 e. The van der Waals surface area contributed by atoms with Crippen LogP contribution in [0, 0.1) is 0 Å². The lowest BCUT2D eigenvalue weighted by atomic mass is 10.2. The second-order valence-electron chi connectivity index (χ2n) is 4.59. The van der Waals surface area contributed by atoms with Crippen LogP contribution in [0.4, 0.5) is 0 Å². The Bertz CT molecular complexity index is 863. The molecule has 25 heavy (non-hydrogen) atoms. The van der Waals surface area contributed by atoms with Crippen LogP contribution in [0.5, 0.6) is 5.75 Å². The average molecular weight is 486 g/mol. The minimum atomic E-state index is -3.81. The molecule has 0 radical (unpaired) electrons. The van der Waals surface area contributed by atoms with Crippen LogP contribution in [0.3, 0.4) is 0 Å². The van der Waals surface area contributed by atoms with E-state index >= 15 is 0 Å². The predicted molar refractivity (Wildman–Crippen MR) is 99.2 cm³/mol. The molecule has 0 saturated heterocycles. The molecule has 0 amide bonds. The Hall–Kier alpha value is -0.280. The third-order valence-corrected chi connectivity index (χ3v) is 4.01. The minimum absolute atomic E-state index is 0.0539. The van der Waals surface area contributed by atoms with E-state index in [1.54, 1.807) is 12.1 Å². The molecule has 0 N–H and O–H groups in total. The summed E-state index contributed by atoms with van der Waals surface area (Å²) < 4.78 is 23.7. The van der Waals surface area contributed by atoms with Crippen LogP contribution in [0.2, 0.25) is 0 Å². The Kier molecular flexibility index (Phi) is 6.21. The van der Waals surface area contributed by atoms with Gasteiger partial charge in [-0.2, -0.15) is 8.42 Å². The van der Waals surface area contributed by atoms with Gasteiger partial charge in [-0.25, -0.2) is 15.0 Å². The molecule has 13 heteroatoms. The van der Waals surface area contributed by atoms with Gasteiger partial charge in [0, 0.05) is 0 Å². The fourth-order valence-electron chi connectivity index (χ4n) is 1.64. The van der Waals surface area contributed by atoms with Crippen molar-refractivity contribution in [3.05, 3.63) is 35.9 Å². The summed E-state index contributed by atoms with van der Waals surface area (Å²) in [6.07, 6.45) is 0.886. The first-order valence-electron chi connectivity index (χ1n) is 6.17. The van der Waals surface area contributed by atoms with Crippen LogP contribution in [0.25, 0.3) is 11.4 Å². The number of hydrogen-bond donors (Lipinski definition) is 0. The van der Waals surface area contributed by atoms with Crippen molar-refractivity contribution in [1.82, 2.24) is 15.0 Å². The molecule has 1 aromatic carbocycles. The molecule has 0 bridgehead atoms. The van der Waals surface area contributed by atoms with E-state index in [2.05, 4.69) is 15.0 Å². The number of hydrogen-bond acceptors (Lipinski definition) is 6. The summed E-state index contributed by atoms with van der Waals surface area (Å²) in [6.45, 7) is 0. The zero-order chi connectivity index (χ0) is 19.0. The lowest BCUT2D eigenvalue weighted by molar-refractivity contribution is 0.493. The number of nitrogens with zero attached hydrogens (tertiary/aromatic N) is 3. The van der Waals surface area contributed by atoms with Gasteiger partial charge in [0.05, 0.1) is 11.8 Å². The zero-order valence-corrected chi connectivity index (χ0v) is 17.4. The molecule has 136 valence electrons. The number of rotatable bonds is 3. The molecule has 2 aromatic rings. The molecule has 0 fully saturated rings. The molecule has 0 unspecified atom stereocenters. The summed E-state index contributed by atoms with van der Waals surface area (Å²) in [4.78, 5) is 11.9. The fourth-order valence-corrected chi connectivity index (χ4v) is 2.62. The van der Waals surface area contributed by atoms with Crippen molar-refractivity contribution in [3.8, 4) is 17.1 Å². The standard InChI is InChI=1S/C12H7Cl6N3O3S/c1-25(22,23)24-7-5-3-2-4-6(7)8-19-9(11(13,14)15)21-10(20-8)12(16,17)18/h2-5H,1H3. The van der Waals surface area contributed by atoms with Gasteiger partial charge >= 0.3 is 10.1 Å². The van der Waals surface area contributed by atoms with E-state index in [-0.39, 0.29) is 28.8 Å². The highest BCUT2D eigenvalue weighted by Gasteiger charge is 2.34. The van der Waals surface area contributed by atoms with E-state index in [1.165, 1.54) is 12.1 Å². The lowest BCUT2D eigenvalue weighted by Gasteiger charge is -2.16. The highest BCUT2D eigenvalue weighted by molar-refractivity contribution is 7.86. The quantitative estimate of drug-likeness (QED) is 0.469.